The minimum Gasteiger partial charge on any atom is -0.389 e. The largest absolute Gasteiger partial charge is 0.389 e. The lowest BCUT2D eigenvalue weighted by molar-refractivity contribution is -0.132. The Kier molecular flexibility index (Phi) is 9.01. The molecule has 0 aromatic rings. The van der Waals surface area contributed by atoms with Gasteiger partial charge in [-0.15, -0.1) is 0 Å². The summed E-state index contributed by atoms with van der Waals surface area (Å²) in [6, 6.07) is 0. The SMILES string of the molecule is COCC(O)CN(C)C(=O)CCC(CCN)C(C)(C)C. The van der Waals surface area contributed by atoms with E-state index in [0.717, 1.165) is 12.8 Å². The number of hydrogen-bond donors (Lipinski definition) is 2. The lowest BCUT2D eigenvalue weighted by Crippen LogP contribution is -2.36. The van der Waals surface area contributed by atoms with Crippen LogP contribution in [0, 0.1) is 11.3 Å². The third-order valence-electron chi connectivity index (χ3n) is 3.72. The van der Waals surface area contributed by atoms with Crippen molar-refractivity contribution >= 4 is 5.91 Å². The molecule has 5 heteroatoms. The molecule has 120 valence electrons. The fourth-order valence-corrected chi connectivity index (χ4v) is 2.36. The molecule has 0 heterocycles. The van der Waals surface area contributed by atoms with Gasteiger partial charge in [-0.3, -0.25) is 4.79 Å². The minimum atomic E-state index is -0.628. The van der Waals surface area contributed by atoms with Crippen LogP contribution < -0.4 is 5.73 Å². The standard InChI is InChI=1S/C15H32N2O3/c1-15(2,3)12(8-9-16)6-7-14(19)17(4)10-13(18)11-20-5/h12-13,18H,6-11,16H2,1-5H3. The summed E-state index contributed by atoms with van der Waals surface area (Å²) in [4.78, 5) is 13.6. The van der Waals surface area contributed by atoms with Crippen LogP contribution in [0.1, 0.15) is 40.0 Å². The van der Waals surface area contributed by atoms with Crippen molar-refractivity contribution in [2.45, 2.75) is 46.1 Å². The topological polar surface area (TPSA) is 75.8 Å². The Hall–Kier alpha value is -0.650. The van der Waals surface area contributed by atoms with Gasteiger partial charge in [0.15, 0.2) is 0 Å². The third-order valence-corrected chi connectivity index (χ3v) is 3.72. The number of methoxy groups -OCH3 is 1. The van der Waals surface area contributed by atoms with Gasteiger partial charge < -0.3 is 20.5 Å². The van der Waals surface area contributed by atoms with E-state index in [9.17, 15) is 9.90 Å². The van der Waals surface area contributed by atoms with Crippen LogP contribution in [0.25, 0.3) is 0 Å². The molecule has 0 aliphatic heterocycles. The molecule has 0 radical (unpaired) electrons. The van der Waals surface area contributed by atoms with Crippen molar-refractivity contribution in [1.82, 2.24) is 4.90 Å². The van der Waals surface area contributed by atoms with E-state index in [0.29, 0.717) is 25.4 Å². The average Bonchev–Trinajstić information content (AvgIpc) is 2.32. The van der Waals surface area contributed by atoms with Crippen LogP contribution in [-0.2, 0) is 9.53 Å². The van der Waals surface area contributed by atoms with Gasteiger partial charge in [-0.25, -0.2) is 0 Å². The van der Waals surface area contributed by atoms with E-state index in [2.05, 4.69) is 20.8 Å². The molecule has 0 bridgehead atoms. The molecule has 0 saturated heterocycles. The number of nitrogens with two attached hydrogens (primary N) is 1. The van der Waals surface area contributed by atoms with Gasteiger partial charge in [-0.05, 0) is 30.7 Å². The van der Waals surface area contributed by atoms with Gasteiger partial charge in [0.1, 0.15) is 0 Å². The van der Waals surface area contributed by atoms with E-state index >= 15 is 0 Å². The van der Waals surface area contributed by atoms with E-state index < -0.39 is 6.10 Å². The first-order valence-electron chi connectivity index (χ1n) is 7.33. The Morgan fingerprint density at radius 1 is 1.35 bits per heavy atom. The molecule has 0 rings (SSSR count). The van der Waals surface area contributed by atoms with Crippen molar-refractivity contribution < 1.29 is 14.6 Å². The molecule has 0 spiro atoms. The first-order chi connectivity index (χ1) is 9.22. The van der Waals surface area contributed by atoms with Crippen LogP contribution in [-0.4, -0.2) is 55.9 Å². The average molecular weight is 288 g/mol. The monoisotopic (exact) mass is 288 g/mol. The number of aliphatic hydroxyl groups excluding tert-OH is 1. The summed E-state index contributed by atoms with van der Waals surface area (Å²) < 4.78 is 4.86. The van der Waals surface area contributed by atoms with Gasteiger partial charge >= 0.3 is 0 Å². The van der Waals surface area contributed by atoms with Crippen LogP contribution in [0.2, 0.25) is 0 Å². The zero-order chi connectivity index (χ0) is 15.8. The van der Waals surface area contributed by atoms with E-state index in [-0.39, 0.29) is 17.9 Å². The van der Waals surface area contributed by atoms with E-state index in [1.165, 1.54) is 7.11 Å². The van der Waals surface area contributed by atoms with Crippen LogP contribution >= 0.6 is 0 Å². The highest BCUT2D eigenvalue weighted by Gasteiger charge is 2.25. The molecule has 2 unspecified atom stereocenters. The zero-order valence-corrected chi connectivity index (χ0v) is 13.7. The summed E-state index contributed by atoms with van der Waals surface area (Å²) in [6.07, 6.45) is 1.64. The molecular weight excluding hydrogens is 256 g/mol. The predicted molar refractivity (Wildman–Crippen MR) is 81.4 cm³/mol. The van der Waals surface area contributed by atoms with Crippen molar-refractivity contribution in [3.8, 4) is 0 Å². The molecule has 0 aromatic heterocycles. The summed E-state index contributed by atoms with van der Waals surface area (Å²) in [5, 5.41) is 9.62. The van der Waals surface area contributed by atoms with E-state index in [1.54, 1.807) is 11.9 Å². The normalized spacial score (nSPS) is 14.9. The van der Waals surface area contributed by atoms with E-state index in [1.807, 2.05) is 0 Å². The number of carbonyl (C=O) groups is 1. The molecule has 0 fully saturated rings. The molecule has 2 atom stereocenters. The Morgan fingerprint density at radius 3 is 2.40 bits per heavy atom. The summed E-state index contributed by atoms with van der Waals surface area (Å²) in [5.41, 5.74) is 5.81. The Morgan fingerprint density at radius 2 is 1.95 bits per heavy atom. The van der Waals surface area contributed by atoms with Gasteiger partial charge in [-0.1, -0.05) is 20.8 Å². The highest BCUT2D eigenvalue weighted by atomic mass is 16.5. The molecule has 1 amide bonds. The van der Waals surface area contributed by atoms with Crippen molar-refractivity contribution in [3.63, 3.8) is 0 Å². The van der Waals surface area contributed by atoms with E-state index in [4.69, 9.17) is 10.5 Å². The van der Waals surface area contributed by atoms with Gasteiger partial charge in [0.25, 0.3) is 0 Å². The molecule has 0 aliphatic rings. The maximum atomic E-state index is 12.1. The van der Waals surface area contributed by atoms with Gasteiger partial charge in [0, 0.05) is 27.1 Å². The highest BCUT2D eigenvalue weighted by Crippen LogP contribution is 2.32. The number of likely N-dealkylation sites (N-methyl/N-ethyl adjacent to an activating group) is 1. The first-order valence-corrected chi connectivity index (χ1v) is 7.33. The maximum Gasteiger partial charge on any atom is 0.222 e. The second-order valence-corrected chi connectivity index (χ2v) is 6.56. The molecule has 3 N–H and O–H groups in total. The van der Waals surface area contributed by atoms with Gasteiger partial charge in [0.2, 0.25) is 5.91 Å². The zero-order valence-electron chi connectivity index (χ0n) is 13.7. The van der Waals surface area contributed by atoms with Crippen LogP contribution in [0.3, 0.4) is 0 Å². The lowest BCUT2D eigenvalue weighted by Gasteiger charge is -2.31. The second-order valence-electron chi connectivity index (χ2n) is 6.56. The number of aliphatic hydroxyl groups is 1. The summed E-state index contributed by atoms with van der Waals surface area (Å²) >= 11 is 0. The molecule has 0 aromatic carbocycles. The Balaban J connectivity index is 4.24. The minimum absolute atomic E-state index is 0.0615. The lowest BCUT2D eigenvalue weighted by atomic mass is 9.76. The predicted octanol–water partition coefficient (Wildman–Crippen LogP) is 1.24. The molecule has 5 nitrogen and oxygen atoms in total. The third kappa shape index (κ3) is 7.82. The van der Waals surface area contributed by atoms with Gasteiger partial charge in [0.05, 0.1) is 12.7 Å². The van der Waals surface area contributed by atoms with Crippen molar-refractivity contribution in [2.24, 2.45) is 17.1 Å². The second kappa shape index (κ2) is 9.32. The Labute approximate surface area is 123 Å². The quantitative estimate of drug-likeness (QED) is 0.669. The number of ether oxygens (including phenoxy) is 1. The number of nitrogens with zero attached hydrogens (tertiary/aromatic N) is 1. The molecule has 0 aliphatic carbocycles. The van der Waals surface area contributed by atoms with Gasteiger partial charge in [-0.2, -0.15) is 0 Å². The van der Waals surface area contributed by atoms with Crippen molar-refractivity contribution in [1.29, 1.82) is 0 Å². The fourth-order valence-electron chi connectivity index (χ4n) is 2.36. The number of hydrogen-bond acceptors (Lipinski definition) is 4. The summed E-state index contributed by atoms with van der Waals surface area (Å²) in [7, 11) is 3.25. The van der Waals surface area contributed by atoms with Crippen molar-refractivity contribution in [3.05, 3.63) is 0 Å². The summed E-state index contributed by atoms with van der Waals surface area (Å²) in [6.45, 7) is 7.76. The highest BCUT2D eigenvalue weighted by molar-refractivity contribution is 5.75. The first kappa shape index (κ1) is 19.4. The van der Waals surface area contributed by atoms with Crippen molar-refractivity contribution in [2.75, 3.05) is 33.9 Å². The number of carbonyl (C=O) groups excluding carboxylic acids is 1. The van der Waals surface area contributed by atoms with Crippen LogP contribution in [0.4, 0.5) is 0 Å². The smallest absolute Gasteiger partial charge is 0.222 e. The molecule has 0 saturated carbocycles. The van der Waals surface area contributed by atoms with Crippen LogP contribution in [0.15, 0.2) is 0 Å². The Bertz CT molecular complexity index is 277. The van der Waals surface area contributed by atoms with Crippen LogP contribution in [0.5, 0.6) is 0 Å². The summed E-state index contributed by atoms with van der Waals surface area (Å²) in [5.74, 6) is 0.500. The molecular formula is C15H32N2O3. The fraction of sp³-hybridized carbons (Fsp3) is 0.933. The molecule has 20 heavy (non-hydrogen) atoms. The maximum absolute atomic E-state index is 12.1. The number of rotatable bonds is 9. The number of amides is 1.